The van der Waals surface area contributed by atoms with Crippen LogP contribution in [0.2, 0.25) is 0 Å². The van der Waals surface area contributed by atoms with Crippen LogP contribution in [0.4, 0.5) is 13.2 Å². The molecule has 0 fully saturated rings. The van der Waals surface area contributed by atoms with Crippen molar-refractivity contribution in [3.8, 4) is 0 Å². The van der Waals surface area contributed by atoms with Crippen molar-refractivity contribution in [2.75, 3.05) is 12.5 Å². The lowest BCUT2D eigenvalue weighted by atomic mass is 10.3. The molecule has 6 heteroatoms. The maximum Gasteiger partial charge on any atom is 0.433 e. The first-order chi connectivity index (χ1) is 5.96. The van der Waals surface area contributed by atoms with Gasteiger partial charge in [-0.1, -0.05) is 6.07 Å². The van der Waals surface area contributed by atoms with Gasteiger partial charge in [-0.05, 0) is 6.07 Å². The Morgan fingerprint density at radius 1 is 1.38 bits per heavy atom. The second-order valence-corrected chi connectivity index (χ2v) is 2.31. The molecule has 0 saturated heterocycles. The van der Waals surface area contributed by atoms with Gasteiger partial charge in [0.15, 0.2) is 0 Å². The molecule has 0 aliphatic carbocycles. The van der Waals surface area contributed by atoms with Crippen molar-refractivity contribution < 1.29 is 13.2 Å². The molecule has 1 aromatic rings. The Hall–Kier alpha value is -1.46. The molecule has 13 heavy (non-hydrogen) atoms. The predicted octanol–water partition coefficient (Wildman–Crippen LogP) is 1.04. The van der Waals surface area contributed by atoms with Crippen molar-refractivity contribution in [2.45, 2.75) is 6.18 Å². The number of hydrogen-bond acceptors (Lipinski definition) is 2. The van der Waals surface area contributed by atoms with E-state index in [4.69, 9.17) is 0 Å². The van der Waals surface area contributed by atoms with Crippen LogP contribution in [0.1, 0.15) is 5.69 Å². The van der Waals surface area contributed by atoms with Gasteiger partial charge in [-0.3, -0.25) is 4.79 Å². The number of halogens is 3. The highest BCUT2D eigenvalue weighted by atomic mass is 19.4. The van der Waals surface area contributed by atoms with E-state index in [9.17, 15) is 18.0 Å². The SMILES string of the molecule is CNn1c(C(F)(F)F)cccc1=O. The zero-order valence-corrected chi connectivity index (χ0v) is 6.72. The molecule has 1 heterocycles. The summed E-state index contributed by atoms with van der Waals surface area (Å²) in [5, 5.41) is 0. The van der Waals surface area contributed by atoms with Crippen LogP contribution in [-0.2, 0) is 6.18 Å². The highest BCUT2D eigenvalue weighted by molar-refractivity contribution is 5.11. The van der Waals surface area contributed by atoms with E-state index in [1.54, 1.807) is 0 Å². The molecule has 1 aromatic heterocycles. The van der Waals surface area contributed by atoms with Crippen LogP contribution in [0, 0.1) is 0 Å². The number of alkyl halides is 3. The van der Waals surface area contributed by atoms with Gasteiger partial charge in [0.1, 0.15) is 5.69 Å². The largest absolute Gasteiger partial charge is 0.433 e. The average molecular weight is 192 g/mol. The molecule has 0 saturated carbocycles. The molecular formula is C7H7F3N2O. The van der Waals surface area contributed by atoms with E-state index in [0.717, 1.165) is 18.2 Å². The molecule has 0 bridgehead atoms. The minimum atomic E-state index is -4.52. The van der Waals surface area contributed by atoms with Gasteiger partial charge in [0.05, 0.1) is 0 Å². The molecule has 0 atom stereocenters. The van der Waals surface area contributed by atoms with Crippen LogP contribution in [-0.4, -0.2) is 11.7 Å². The summed E-state index contributed by atoms with van der Waals surface area (Å²) in [6.45, 7) is 0. The third kappa shape index (κ3) is 1.82. The van der Waals surface area contributed by atoms with Crippen molar-refractivity contribution in [1.82, 2.24) is 4.68 Å². The number of aromatic nitrogens is 1. The van der Waals surface area contributed by atoms with Gasteiger partial charge in [-0.2, -0.15) is 13.2 Å². The van der Waals surface area contributed by atoms with Gasteiger partial charge in [-0.25, -0.2) is 4.68 Å². The molecule has 0 aromatic carbocycles. The standard InChI is InChI=1S/C7H7F3N2O/c1-11-12-5(7(8,9)10)3-2-4-6(12)13/h2-4,11H,1H3. The lowest BCUT2D eigenvalue weighted by Crippen LogP contribution is -2.32. The molecule has 72 valence electrons. The molecular weight excluding hydrogens is 185 g/mol. The Balaban J connectivity index is 3.38. The van der Waals surface area contributed by atoms with Crippen LogP contribution in [0.3, 0.4) is 0 Å². The maximum absolute atomic E-state index is 12.2. The first kappa shape index (κ1) is 9.63. The van der Waals surface area contributed by atoms with E-state index < -0.39 is 17.4 Å². The third-order valence-electron chi connectivity index (χ3n) is 1.47. The normalized spacial score (nSPS) is 11.4. The summed E-state index contributed by atoms with van der Waals surface area (Å²) in [4.78, 5) is 10.9. The van der Waals surface area contributed by atoms with E-state index in [1.165, 1.54) is 7.05 Å². The summed E-state index contributed by atoms with van der Waals surface area (Å²) in [6.07, 6.45) is -4.52. The molecule has 0 radical (unpaired) electrons. The van der Waals surface area contributed by atoms with Crippen molar-refractivity contribution in [3.63, 3.8) is 0 Å². The van der Waals surface area contributed by atoms with Gasteiger partial charge >= 0.3 is 6.18 Å². The first-order valence-corrected chi connectivity index (χ1v) is 3.44. The Kier molecular flexibility index (Phi) is 2.31. The summed E-state index contributed by atoms with van der Waals surface area (Å²) in [5.74, 6) is 0. The Labute approximate surface area is 71.8 Å². The van der Waals surface area contributed by atoms with E-state index in [1.807, 2.05) is 0 Å². The van der Waals surface area contributed by atoms with E-state index >= 15 is 0 Å². The average Bonchev–Trinajstić information content (AvgIpc) is 2.02. The lowest BCUT2D eigenvalue weighted by molar-refractivity contribution is -0.143. The fourth-order valence-corrected chi connectivity index (χ4v) is 0.941. The molecule has 0 aliphatic rings. The fourth-order valence-electron chi connectivity index (χ4n) is 0.941. The number of hydrogen-bond donors (Lipinski definition) is 1. The van der Waals surface area contributed by atoms with Crippen molar-refractivity contribution >= 4 is 0 Å². The molecule has 0 amide bonds. The first-order valence-electron chi connectivity index (χ1n) is 3.44. The summed E-state index contributed by atoms with van der Waals surface area (Å²) in [6, 6.07) is 2.95. The number of pyridine rings is 1. The van der Waals surface area contributed by atoms with Gasteiger partial charge in [0.25, 0.3) is 5.56 Å². The van der Waals surface area contributed by atoms with Gasteiger partial charge in [-0.15, -0.1) is 0 Å². The molecule has 0 unspecified atom stereocenters. The lowest BCUT2D eigenvalue weighted by Gasteiger charge is -2.13. The molecule has 0 spiro atoms. The molecule has 1 rings (SSSR count). The van der Waals surface area contributed by atoms with Crippen molar-refractivity contribution in [3.05, 3.63) is 34.2 Å². The van der Waals surface area contributed by atoms with Crippen molar-refractivity contribution in [1.29, 1.82) is 0 Å². The van der Waals surface area contributed by atoms with Crippen LogP contribution < -0.4 is 11.0 Å². The summed E-state index contributed by atoms with van der Waals surface area (Å²) >= 11 is 0. The molecule has 1 N–H and O–H groups in total. The number of nitrogens with zero attached hydrogens (tertiary/aromatic N) is 1. The van der Waals surface area contributed by atoms with E-state index in [-0.39, 0.29) is 0 Å². The number of rotatable bonds is 1. The zero-order chi connectivity index (χ0) is 10.1. The van der Waals surface area contributed by atoms with Crippen LogP contribution in [0.15, 0.2) is 23.0 Å². The van der Waals surface area contributed by atoms with E-state index in [0.29, 0.717) is 4.68 Å². The highest BCUT2D eigenvalue weighted by Crippen LogP contribution is 2.27. The quantitative estimate of drug-likeness (QED) is 0.721. The minimum absolute atomic E-state index is 0.444. The maximum atomic E-state index is 12.2. The van der Waals surface area contributed by atoms with Gasteiger partial charge in [0, 0.05) is 13.1 Å². The molecule has 0 aliphatic heterocycles. The smallest absolute Gasteiger partial charge is 0.326 e. The van der Waals surface area contributed by atoms with Crippen LogP contribution in [0.5, 0.6) is 0 Å². The predicted molar refractivity (Wildman–Crippen MR) is 41.0 cm³/mol. The second kappa shape index (κ2) is 3.12. The monoisotopic (exact) mass is 192 g/mol. The van der Waals surface area contributed by atoms with Crippen LogP contribution in [0.25, 0.3) is 0 Å². The highest BCUT2D eigenvalue weighted by Gasteiger charge is 2.34. The summed E-state index contributed by atoms with van der Waals surface area (Å²) in [5.41, 5.74) is 0.404. The van der Waals surface area contributed by atoms with Gasteiger partial charge in [0.2, 0.25) is 0 Å². The van der Waals surface area contributed by atoms with Gasteiger partial charge < -0.3 is 5.43 Å². The minimum Gasteiger partial charge on any atom is -0.326 e. The Morgan fingerprint density at radius 3 is 2.38 bits per heavy atom. The molecule has 3 nitrogen and oxygen atoms in total. The van der Waals surface area contributed by atoms with E-state index in [2.05, 4.69) is 5.43 Å². The second-order valence-electron chi connectivity index (χ2n) is 2.31. The Morgan fingerprint density at radius 2 is 2.00 bits per heavy atom. The van der Waals surface area contributed by atoms with Crippen LogP contribution >= 0.6 is 0 Å². The topological polar surface area (TPSA) is 34.0 Å². The fraction of sp³-hybridized carbons (Fsp3) is 0.286. The third-order valence-corrected chi connectivity index (χ3v) is 1.47. The van der Waals surface area contributed by atoms with Crippen molar-refractivity contribution in [2.24, 2.45) is 0 Å². The number of nitrogens with one attached hydrogen (secondary N) is 1. The summed E-state index contributed by atoms with van der Waals surface area (Å²) < 4.78 is 37.1. The summed E-state index contributed by atoms with van der Waals surface area (Å²) in [7, 11) is 1.25. The Bertz CT molecular complexity index is 355. The zero-order valence-electron chi connectivity index (χ0n) is 6.72.